The van der Waals surface area contributed by atoms with Gasteiger partial charge in [0.25, 0.3) is 0 Å². The van der Waals surface area contributed by atoms with Crippen molar-refractivity contribution in [1.29, 1.82) is 0 Å². The summed E-state index contributed by atoms with van der Waals surface area (Å²) in [5.41, 5.74) is -1.55. The van der Waals surface area contributed by atoms with Crippen LogP contribution in [0.5, 0.6) is 0 Å². The Kier molecular flexibility index (Phi) is 9.17. The van der Waals surface area contributed by atoms with Crippen LogP contribution in [-0.4, -0.2) is 67.3 Å². The van der Waals surface area contributed by atoms with Crippen molar-refractivity contribution in [1.82, 2.24) is 10.6 Å². The Balaban J connectivity index is 1.78. The molecule has 190 valence electrons. The SMILES string of the molecule is CC(C)(C)C(=O)OCO[PH]1(O)OCC(C)(C)[C@H](C(=O)NCCC(=O)OCC2CCC(=O)N2)O1. The molecule has 2 heterocycles. The van der Waals surface area contributed by atoms with E-state index >= 15 is 0 Å². The molecule has 0 aromatic carbocycles. The molecule has 0 radical (unpaired) electrons. The Morgan fingerprint density at radius 3 is 2.58 bits per heavy atom. The molecule has 2 amide bonds. The van der Waals surface area contributed by atoms with Crippen LogP contribution in [0.3, 0.4) is 0 Å². The zero-order chi connectivity index (χ0) is 24.9. The van der Waals surface area contributed by atoms with E-state index in [1.165, 1.54) is 0 Å². The van der Waals surface area contributed by atoms with Crippen LogP contribution >= 0.6 is 8.17 Å². The number of carbonyl (C=O) groups is 4. The Morgan fingerprint density at radius 1 is 1.27 bits per heavy atom. The van der Waals surface area contributed by atoms with Crippen molar-refractivity contribution < 1.29 is 47.1 Å². The summed E-state index contributed by atoms with van der Waals surface area (Å²) in [4.78, 5) is 58.1. The van der Waals surface area contributed by atoms with Crippen molar-refractivity contribution in [2.24, 2.45) is 10.8 Å². The van der Waals surface area contributed by atoms with E-state index in [1.54, 1.807) is 34.6 Å². The van der Waals surface area contributed by atoms with Crippen LogP contribution in [0.25, 0.3) is 0 Å². The van der Waals surface area contributed by atoms with Gasteiger partial charge in [0.1, 0.15) is 0 Å². The third kappa shape index (κ3) is 8.46. The summed E-state index contributed by atoms with van der Waals surface area (Å²) in [6.45, 7) is 7.90. The second-order valence-corrected chi connectivity index (χ2v) is 11.6. The van der Waals surface area contributed by atoms with Crippen LogP contribution in [0.15, 0.2) is 0 Å². The fraction of sp³-hybridized carbons (Fsp3) is 0.800. The van der Waals surface area contributed by atoms with Crippen LogP contribution in [0.2, 0.25) is 0 Å². The third-order valence-electron chi connectivity index (χ3n) is 5.04. The molecule has 0 aromatic rings. The molecule has 2 atom stereocenters. The Morgan fingerprint density at radius 2 is 1.97 bits per heavy atom. The van der Waals surface area contributed by atoms with Gasteiger partial charge in [-0.05, 0) is 0 Å². The van der Waals surface area contributed by atoms with Crippen molar-refractivity contribution in [3.63, 3.8) is 0 Å². The fourth-order valence-corrected chi connectivity index (χ4v) is 4.71. The number of esters is 2. The number of rotatable bonds is 9. The molecule has 2 saturated heterocycles. The molecule has 0 saturated carbocycles. The van der Waals surface area contributed by atoms with Crippen molar-refractivity contribution in [2.75, 3.05) is 26.6 Å². The van der Waals surface area contributed by atoms with Gasteiger partial charge in [0.2, 0.25) is 0 Å². The van der Waals surface area contributed by atoms with Crippen molar-refractivity contribution in [3.8, 4) is 0 Å². The standard InChI is InChI=1S/C20H35N2O10P/c1-19(2,3)18(26)29-12-31-33(27)30-11-20(4,5)16(32-33)17(25)21-9-8-15(24)28-10-13-6-7-14(23)22-13/h13,16,27,33H,6-12H2,1-5H3,(H,21,25)(H,22,23)/t13?,16-/m0/s1. The van der Waals surface area contributed by atoms with Gasteiger partial charge in [-0.15, -0.1) is 0 Å². The molecule has 0 bridgehead atoms. The Bertz CT molecular complexity index is 754. The number of hydrogen-bond donors (Lipinski definition) is 3. The predicted octanol–water partition coefficient (Wildman–Crippen LogP) is 0.722. The molecular weight excluding hydrogens is 459 g/mol. The monoisotopic (exact) mass is 494 g/mol. The third-order valence-corrected chi connectivity index (χ3v) is 6.57. The van der Waals surface area contributed by atoms with Gasteiger partial charge in [-0.3, -0.25) is 4.79 Å². The van der Waals surface area contributed by atoms with E-state index in [9.17, 15) is 24.1 Å². The fourth-order valence-electron chi connectivity index (χ4n) is 3.00. The van der Waals surface area contributed by atoms with Gasteiger partial charge in [-0.1, -0.05) is 0 Å². The molecule has 2 aliphatic heterocycles. The Labute approximate surface area is 193 Å². The van der Waals surface area contributed by atoms with Crippen molar-refractivity contribution in [3.05, 3.63) is 0 Å². The summed E-state index contributed by atoms with van der Waals surface area (Å²) < 4.78 is 26.1. The molecule has 13 heteroatoms. The van der Waals surface area contributed by atoms with Crippen LogP contribution in [0, 0.1) is 10.8 Å². The molecule has 2 aliphatic rings. The van der Waals surface area contributed by atoms with Gasteiger partial charge < -0.3 is 0 Å². The van der Waals surface area contributed by atoms with E-state index in [1.807, 2.05) is 0 Å². The van der Waals surface area contributed by atoms with E-state index in [4.69, 9.17) is 23.0 Å². The maximum absolute atomic E-state index is 12.7. The summed E-state index contributed by atoms with van der Waals surface area (Å²) in [5.74, 6) is -1.67. The molecule has 33 heavy (non-hydrogen) atoms. The van der Waals surface area contributed by atoms with Gasteiger partial charge >= 0.3 is 188 Å². The Hall–Kier alpha value is -1.85. The van der Waals surface area contributed by atoms with Gasteiger partial charge in [0.05, 0.1) is 0 Å². The molecule has 2 fully saturated rings. The maximum atomic E-state index is 12.7. The van der Waals surface area contributed by atoms with Gasteiger partial charge in [0.15, 0.2) is 0 Å². The van der Waals surface area contributed by atoms with Gasteiger partial charge in [-0.25, -0.2) is 0 Å². The van der Waals surface area contributed by atoms with Gasteiger partial charge in [0, 0.05) is 0 Å². The van der Waals surface area contributed by atoms with E-state index < -0.39 is 49.7 Å². The zero-order valence-electron chi connectivity index (χ0n) is 19.7. The van der Waals surface area contributed by atoms with Crippen molar-refractivity contribution >= 4 is 31.9 Å². The number of carbonyl (C=O) groups excluding carboxylic acids is 4. The second-order valence-electron chi connectivity index (χ2n) is 9.77. The normalized spacial score (nSPS) is 25.0. The average molecular weight is 494 g/mol. The summed E-state index contributed by atoms with van der Waals surface area (Å²) in [6.07, 6.45) is -0.163. The second kappa shape index (κ2) is 11.1. The molecule has 2 rings (SSSR count). The van der Waals surface area contributed by atoms with Crippen LogP contribution in [0.1, 0.15) is 53.9 Å². The number of ether oxygens (including phenoxy) is 2. The average Bonchev–Trinajstić information content (AvgIpc) is 3.13. The van der Waals surface area contributed by atoms with E-state index in [-0.39, 0.29) is 38.1 Å². The topological polar surface area (TPSA) is 159 Å². The van der Waals surface area contributed by atoms with Crippen LogP contribution < -0.4 is 10.6 Å². The first-order valence-electron chi connectivity index (χ1n) is 10.8. The number of amides is 2. The van der Waals surface area contributed by atoms with Gasteiger partial charge in [-0.2, -0.15) is 0 Å². The molecule has 1 unspecified atom stereocenters. The zero-order valence-corrected chi connectivity index (χ0v) is 20.7. The van der Waals surface area contributed by atoms with E-state index in [2.05, 4.69) is 10.6 Å². The molecule has 12 nitrogen and oxygen atoms in total. The molecular formula is C20H35N2O10P. The number of nitrogens with one attached hydrogen (secondary N) is 2. The quantitative estimate of drug-likeness (QED) is 0.237. The summed E-state index contributed by atoms with van der Waals surface area (Å²) in [5, 5.41) is 5.28. The minimum atomic E-state index is -4.24. The van der Waals surface area contributed by atoms with E-state index in [0.29, 0.717) is 12.8 Å². The van der Waals surface area contributed by atoms with Crippen LogP contribution in [-0.2, 0) is 42.2 Å². The van der Waals surface area contributed by atoms with Crippen LogP contribution in [0.4, 0.5) is 0 Å². The first kappa shape index (κ1) is 27.4. The summed E-state index contributed by atoms with van der Waals surface area (Å²) in [6, 6.07) is -0.183. The van der Waals surface area contributed by atoms with E-state index in [0.717, 1.165) is 0 Å². The molecule has 3 N–H and O–H groups in total. The predicted molar refractivity (Wildman–Crippen MR) is 116 cm³/mol. The summed E-state index contributed by atoms with van der Waals surface area (Å²) in [7, 11) is -4.24. The van der Waals surface area contributed by atoms with Crippen molar-refractivity contribution in [2.45, 2.75) is 66.0 Å². The summed E-state index contributed by atoms with van der Waals surface area (Å²) >= 11 is 0. The molecule has 0 aliphatic carbocycles. The first-order chi connectivity index (χ1) is 15.2. The molecule has 0 aromatic heterocycles. The molecule has 0 spiro atoms. The number of hydrogen-bond acceptors (Lipinski definition) is 10. The first-order valence-corrected chi connectivity index (χ1v) is 12.5. The minimum absolute atomic E-state index is 0.00444.